The van der Waals surface area contributed by atoms with Crippen LogP contribution in [0.2, 0.25) is 0 Å². The smallest absolute Gasteiger partial charge is 0.238 e. The van der Waals surface area contributed by atoms with Crippen molar-refractivity contribution in [2.45, 2.75) is 0 Å². The third-order valence-electron chi connectivity index (χ3n) is 8.03. The van der Waals surface area contributed by atoms with E-state index in [1.165, 1.54) is 43.8 Å². The predicted molar refractivity (Wildman–Crippen MR) is 158 cm³/mol. The van der Waals surface area contributed by atoms with E-state index in [0.717, 1.165) is 16.6 Å². The molecule has 0 aliphatic heterocycles. The van der Waals surface area contributed by atoms with Gasteiger partial charge in [0.15, 0.2) is 5.82 Å². The Kier molecular flexibility index (Phi) is 4.05. The van der Waals surface area contributed by atoms with E-state index in [1.54, 1.807) is 6.33 Å². The van der Waals surface area contributed by atoms with Crippen molar-refractivity contribution in [3.05, 3.63) is 127 Å². The number of rotatable bonds is 3. The Morgan fingerprint density at radius 2 is 1.26 bits per heavy atom. The largest absolute Gasteiger partial charge is 0.310 e. The van der Waals surface area contributed by atoms with Crippen LogP contribution in [-0.4, -0.2) is 24.1 Å². The van der Waals surface area contributed by atoms with Crippen LogP contribution in [0.15, 0.2) is 127 Å². The van der Waals surface area contributed by atoms with Gasteiger partial charge < -0.3 is 4.57 Å². The highest BCUT2D eigenvalue weighted by atomic mass is 15.2. The number of allylic oxidation sites excluding steroid dienone is 6. The molecular weight excluding hydrogens is 478 g/mol. The summed E-state index contributed by atoms with van der Waals surface area (Å²) in [7, 11) is 0. The molecule has 5 heteroatoms. The van der Waals surface area contributed by atoms with Crippen LogP contribution < -0.4 is 0 Å². The summed E-state index contributed by atoms with van der Waals surface area (Å²) in [6.07, 6.45) is 10.4. The van der Waals surface area contributed by atoms with E-state index < -0.39 is 0 Å². The lowest BCUT2D eigenvalue weighted by Gasteiger charge is -2.10. The molecule has 0 bridgehead atoms. The summed E-state index contributed by atoms with van der Waals surface area (Å²) in [6, 6.07) is 31.9. The zero-order valence-corrected chi connectivity index (χ0v) is 20.9. The number of fused-ring (bicyclic) bond motifs is 8. The van der Waals surface area contributed by atoms with E-state index in [-0.39, 0.29) is 0 Å². The van der Waals surface area contributed by atoms with Crippen molar-refractivity contribution >= 4 is 49.3 Å². The molecule has 3 heterocycles. The van der Waals surface area contributed by atoms with Crippen molar-refractivity contribution < 1.29 is 0 Å². The third kappa shape index (κ3) is 2.81. The standard InChI is InChI=1S/C34H21N5/c1-2-10-21(11-3-1)33-35-20-36-34(37-33)39-29-17-9-7-13-23(29)27-19-18-26-22-12-6-8-16-28(22)38(31(26)32(27)39)30-24-14-4-5-15-25(24)30/h1-20,24H/t24-/m0/s1. The van der Waals surface area contributed by atoms with Gasteiger partial charge in [-0.2, -0.15) is 4.98 Å². The van der Waals surface area contributed by atoms with Gasteiger partial charge in [0.2, 0.25) is 5.95 Å². The van der Waals surface area contributed by atoms with Gasteiger partial charge in [-0.3, -0.25) is 4.57 Å². The maximum absolute atomic E-state index is 5.01. The van der Waals surface area contributed by atoms with Gasteiger partial charge in [-0.15, -0.1) is 0 Å². The molecule has 0 unspecified atom stereocenters. The van der Waals surface area contributed by atoms with Gasteiger partial charge in [0.25, 0.3) is 0 Å². The van der Waals surface area contributed by atoms with E-state index in [1.807, 2.05) is 30.3 Å². The average Bonchev–Trinajstić information content (AvgIpc) is 3.48. The lowest BCUT2D eigenvalue weighted by atomic mass is 10.1. The van der Waals surface area contributed by atoms with Gasteiger partial charge in [0.1, 0.15) is 6.33 Å². The van der Waals surface area contributed by atoms with E-state index >= 15 is 0 Å². The lowest BCUT2D eigenvalue weighted by molar-refractivity contribution is 0.947. The molecule has 182 valence electrons. The molecule has 0 saturated heterocycles. The van der Waals surface area contributed by atoms with Crippen LogP contribution >= 0.6 is 0 Å². The van der Waals surface area contributed by atoms with Gasteiger partial charge in [-0.1, -0.05) is 103 Å². The highest BCUT2D eigenvalue weighted by molar-refractivity contribution is 6.24. The van der Waals surface area contributed by atoms with E-state index in [0.29, 0.717) is 17.7 Å². The number of hydrogen-bond donors (Lipinski definition) is 0. The summed E-state index contributed by atoms with van der Waals surface area (Å²) in [6.45, 7) is 0. The predicted octanol–water partition coefficient (Wildman–Crippen LogP) is 7.71. The zero-order valence-electron chi connectivity index (χ0n) is 20.9. The normalized spacial score (nSPS) is 16.2. The Morgan fingerprint density at radius 3 is 1.97 bits per heavy atom. The number of aromatic nitrogens is 5. The molecule has 0 amide bonds. The minimum Gasteiger partial charge on any atom is -0.310 e. The van der Waals surface area contributed by atoms with Crippen molar-refractivity contribution in [1.29, 1.82) is 0 Å². The van der Waals surface area contributed by atoms with Crippen molar-refractivity contribution in [3.8, 4) is 17.3 Å². The van der Waals surface area contributed by atoms with Crippen molar-refractivity contribution in [3.63, 3.8) is 0 Å². The average molecular weight is 500 g/mol. The Balaban J connectivity index is 1.46. The summed E-state index contributed by atoms with van der Waals surface area (Å²) in [5, 5.41) is 4.84. The summed E-state index contributed by atoms with van der Waals surface area (Å²) in [5.41, 5.74) is 8.28. The van der Waals surface area contributed by atoms with Crippen LogP contribution in [0.4, 0.5) is 0 Å². The van der Waals surface area contributed by atoms with Gasteiger partial charge in [-0.25, -0.2) is 9.97 Å². The van der Waals surface area contributed by atoms with Crippen molar-refractivity contribution in [2.75, 3.05) is 0 Å². The molecule has 2 aliphatic rings. The van der Waals surface area contributed by atoms with Gasteiger partial charge in [-0.05, 0) is 17.7 Å². The second-order valence-corrected chi connectivity index (χ2v) is 10.1. The Labute approximate surface area is 223 Å². The SMILES string of the molecule is C1=CC2=C(n3c4ccccc4c4ccc5c6ccccc6n(-c6ncnc(-c7ccccc7)n6)c5c43)[C@H]2C=C1. The second-order valence-electron chi connectivity index (χ2n) is 10.1. The minimum atomic E-state index is 0.351. The van der Waals surface area contributed by atoms with Gasteiger partial charge >= 0.3 is 0 Å². The minimum absolute atomic E-state index is 0.351. The first-order valence-corrected chi connectivity index (χ1v) is 13.2. The number of nitrogens with zero attached hydrogens (tertiary/aromatic N) is 5. The van der Waals surface area contributed by atoms with E-state index in [9.17, 15) is 0 Å². The molecule has 2 aliphatic carbocycles. The first-order valence-electron chi connectivity index (χ1n) is 13.2. The molecule has 39 heavy (non-hydrogen) atoms. The fraction of sp³-hybridized carbons (Fsp3) is 0.0294. The fourth-order valence-corrected chi connectivity index (χ4v) is 6.31. The van der Waals surface area contributed by atoms with Crippen LogP contribution in [0.25, 0.3) is 66.6 Å². The molecule has 7 aromatic rings. The Bertz CT molecular complexity index is 2230. The first-order chi connectivity index (χ1) is 19.4. The molecule has 1 atom stereocenters. The molecule has 0 radical (unpaired) electrons. The first kappa shape index (κ1) is 20.7. The summed E-state index contributed by atoms with van der Waals surface area (Å²) in [5.74, 6) is 1.63. The second kappa shape index (κ2) is 7.62. The molecule has 9 rings (SSSR count). The number of benzene rings is 4. The van der Waals surface area contributed by atoms with Crippen LogP contribution in [-0.2, 0) is 0 Å². The third-order valence-corrected chi connectivity index (χ3v) is 8.03. The summed E-state index contributed by atoms with van der Waals surface area (Å²) in [4.78, 5) is 14.3. The monoisotopic (exact) mass is 499 g/mol. The number of para-hydroxylation sites is 2. The maximum atomic E-state index is 5.01. The molecule has 0 fully saturated rings. The molecule has 5 nitrogen and oxygen atoms in total. The molecule has 4 aromatic carbocycles. The quantitative estimate of drug-likeness (QED) is 0.250. The highest BCUT2D eigenvalue weighted by Gasteiger charge is 2.37. The van der Waals surface area contributed by atoms with Crippen molar-refractivity contribution in [2.24, 2.45) is 5.92 Å². The molecular formula is C34H21N5. The van der Waals surface area contributed by atoms with Crippen molar-refractivity contribution in [1.82, 2.24) is 24.1 Å². The summed E-state index contributed by atoms with van der Waals surface area (Å²) < 4.78 is 4.70. The highest BCUT2D eigenvalue weighted by Crippen LogP contribution is 2.51. The molecule has 0 N–H and O–H groups in total. The topological polar surface area (TPSA) is 48.5 Å². The molecule has 3 aromatic heterocycles. The van der Waals surface area contributed by atoms with Crippen LogP contribution in [0.3, 0.4) is 0 Å². The zero-order chi connectivity index (χ0) is 25.5. The van der Waals surface area contributed by atoms with E-state index in [4.69, 9.17) is 9.97 Å². The number of hydrogen-bond acceptors (Lipinski definition) is 3. The molecule has 0 saturated carbocycles. The van der Waals surface area contributed by atoms with Crippen LogP contribution in [0.1, 0.15) is 0 Å². The lowest BCUT2D eigenvalue weighted by Crippen LogP contribution is -2.04. The Hall–Kier alpha value is -5.29. The fourth-order valence-electron chi connectivity index (χ4n) is 6.31. The van der Waals surface area contributed by atoms with Crippen LogP contribution in [0.5, 0.6) is 0 Å². The van der Waals surface area contributed by atoms with E-state index in [2.05, 4.69) is 99.1 Å². The molecule has 0 spiro atoms. The van der Waals surface area contributed by atoms with Gasteiger partial charge in [0, 0.05) is 38.7 Å². The maximum Gasteiger partial charge on any atom is 0.238 e. The van der Waals surface area contributed by atoms with Gasteiger partial charge in [0.05, 0.1) is 22.1 Å². The van der Waals surface area contributed by atoms with Crippen LogP contribution in [0, 0.1) is 5.92 Å². The summed E-state index contributed by atoms with van der Waals surface area (Å²) >= 11 is 0. The Morgan fingerprint density at radius 1 is 0.590 bits per heavy atom.